The van der Waals surface area contributed by atoms with E-state index in [2.05, 4.69) is 11.9 Å². The lowest BCUT2D eigenvalue weighted by atomic mass is 10.1. The summed E-state index contributed by atoms with van der Waals surface area (Å²) in [6, 6.07) is 0. The molecule has 0 aromatic heterocycles. The highest BCUT2D eigenvalue weighted by Crippen LogP contribution is 2.58. The zero-order valence-electron chi connectivity index (χ0n) is 8.71. The van der Waals surface area contributed by atoms with Gasteiger partial charge in [-0.2, -0.15) is 0 Å². The van der Waals surface area contributed by atoms with Gasteiger partial charge in [-0.05, 0) is 5.41 Å². The summed E-state index contributed by atoms with van der Waals surface area (Å²) in [7, 11) is 0. The maximum Gasteiger partial charge on any atom is 0.307 e. The van der Waals surface area contributed by atoms with Crippen molar-refractivity contribution in [1.82, 2.24) is 5.32 Å². The minimum atomic E-state index is -0.926. The summed E-state index contributed by atoms with van der Waals surface area (Å²) >= 11 is 5.49. The molecule has 1 rings (SSSR count). The highest BCUT2D eigenvalue weighted by molar-refractivity contribution is 6.29. The van der Waals surface area contributed by atoms with Gasteiger partial charge in [0.2, 0.25) is 5.91 Å². The van der Waals surface area contributed by atoms with Crippen LogP contribution in [0.25, 0.3) is 0 Å². The van der Waals surface area contributed by atoms with E-state index in [9.17, 15) is 9.59 Å². The van der Waals surface area contributed by atoms with Crippen molar-refractivity contribution in [2.45, 2.75) is 13.8 Å². The Bertz CT molecular complexity index is 325. The average Bonchev–Trinajstić information content (AvgIpc) is 2.65. The Morgan fingerprint density at radius 3 is 2.33 bits per heavy atom. The van der Waals surface area contributed by atoms with E-state index >= 15 is 0 Å². The van der Waals surface area contributed by atoms with Crippen LogP contribution in [0, 0.1) is 17.3 Å². The average molecular weight is 232 g/mol. The number of nitrogens with one attached hydrogen (secondary N) is 1. The molecule has 1 amide bonds. The first kappa shape index (κ1) is 12.0. The van der Waals surface area contributed by atoms with Gasteiger partial charge in [-0.1, -0.05) is 32.0 Å². The van der Waals surface area contributed by atoms with Crippen molar-refractivity contribution in [2.75, 3.05) is 6.54 Å². The Kier molecular flexibility index (Phi) is 3.09. The van der Waals surface area contributed by atoms with Crippen molar-refractivity contribution >= 4 is 23.5 Å². The number of aliphatic carboxylic acids is 1. The van der Waals surface area contributed by atoms with E-state index < -0.39 is 23.2 Å². The van der Waals surface area contributed by atoms with E-state index in [-0.39, 0.29) is 12.5 Å². The minimum Gasteiger partial charge on any atom is -0.481 e. The van der Waals surface area contributed by atoms with Gasteiger partial charge in [0.05, 0.1) is 18.4 Å². The number of carboxylic acids is 1. The van der Waals surface area contributed by atoms with E-state index in [1.54, 1.807) is 13.8 Å². The monoisotopic (exact) mass is 231 g/mol. The summed E-state index contributed by atoms with van der Waals surface area (Å²) in [5.74, 6) is -2.26. The summed E-state index contributed by atoms with van der Waals surface area (Å²) in [6.45, 7) is 7.15. The standard InChI is InChI=1S/C10H14ClNO3/c1-5(11)4-12-8(13)6-7(9(14)15)10(6,2)3/h6-7H,1,4H2,2-3H3,(H,12,13)(H,14,15). The van der Waals surface area contributed by atoms with Gasteiger partial charge < -0.3 is 10.4 Å². The van der Waals surface area contributed by atoms with Crippen molar-refractivity contribution in [3.63, 3.8) is 0 Å². The molecule has 15 heavy (non-hydrogen) atoms. The third-order valence-electron chi connectivity index (χ3n) is 2.83. The number of rotatable bonds is 4. The molecule has 0 heterocycles. The molecule has 0 bridgehead atoms. The van der Waals surface area contributed by atoms with Crippen LogP contribution in [0.1, 0.15) is 13.8 Å². The van der Waals surface area contributed by atoms with Gasteiger partial charge in [-0.25, -0.2) is 0 Å². The van der Waals surface area contributed by atoms with Gasteiger partial charge >= 0.3 is 5.97 Å². The number of amides is 1. The summed E-state index contributed by atoms with van der Waals surface area (Å²) in [6.07, 6.45) is 0. The van der Waals surface area contributed by atoms with Crippen LogP contribution >= 0.6 is 11.6 Å². The minimum absolute atomic E-state index is 0.180. The molecule has 2 atom stereocenters. The molecule has 1 saturated carbocycles. The van der Waals surface area contributed by atoms with E-state index in [1.165, 1.54) is 0 Å². The normalized spacial score (nSPS) is 26.9. The largest absolute Gasteiger partial charge is 0.481 e. The second-order valence-electron chi connectivity index (χ2n) is 4.35. The predicted molar refractivity (Wildman–Crippen MR) is 56.4 cm³/mol. The lowest BCUT2D eigenvalue weighted by Gasteiger charge is -2.04. The Morgan fingerprint density at radius 1 is 1.47 bits per heavy atom. The number of carbonyl (C=O) groups is 2. The first-order valence-electron chi connectivity index (χ1n) is 4.62. The second kappa shape index (κ2) is 3.85. The summed E-state index contributed by atoms with van der Waals surface area (Å²) in [4.78, 5) is 22.4. The molecule has 0 aromatic rings. The van der Waals surface area contributed by atoms with Crippen LogP contribution in [-0.2, 0) is 9.59 Å². The fourth-order valence-corrected chi connectivity index (χ4v) is 1.95. The molecule has 84 valence electrons. The molecule has 2 N–H and O–H groups in total. The van der Waals surface area contributed by atoms with Gasteiger partial charge in [0.15, 0.2) is 0 Å². The molecular formula is C10H14ClNO3. The molecule has 4 nitrogen and oxygen atoms in total. The Morgan fingerprint density at radius 2 is 2.00 bits per heavy atom. The molecule has 0 aromatic carbocycles. The fourth-order valence-electron chi connectivity index (χ4n) is 1.88. The smallest absolute Gasteiger partial charge is 0.307 e. The fraction of sp³-hybridized carbons (Fsp3) is 0.600. The van der Waals surface area contributed by atoms with Crippen molar-refractivity contribution in [1.29, 1.82) is 0 Å². The number of carbonyl (C=O) groups excluding carboxylic acids is 1. The molecule has 0 saturated heterocycles. The Balaban J connectivity index is 2.56. The van der Waals surface area contributed by atoms with Crippen molar-refractivity contribution in [3.8, 4) is 0 Å². The van der Waals surface area contributed by atoms with Crippen molar-refractivity contribution in [2.24, 2.45) is 17.3 Å². The summed E-state index contributed by atoms with van der Waals surface area (Å²) in [5.41, 5.74) is -0.469. The van der Waals surface area contributed by atoms with E-state index in [1.807, 2.05) is 0 Å². The molecule has 1 fully saturated rings. The SMILES string of the molecule is C=C(Cl)CNC(=O)C1C(C(=O)O)C1(C)C. The number of hydrogen-bond acceptors (Lipinski definition) is 2. The zero-order valence-corrected chi connectivity index (χ0v) is 9.47. The first-order chi connectivity index (χ1) is 6.78. The van der Waals surface area contributed by atoms with Gasteiger partial charge in [0.1, 0.15) is 0 Å². The molecule has 5 heteroatoms. The molecule has 0 spiro atoms. The third kappa shape index (κ3) is 2.31. The number of carboxylic acid groups (broad SMARTS) is 1. The lowest BCUT2D eigenvalue weighted by molar-refractivity contribution is -0.140. The first-order valence-corrected chi connectivity index (χ1v) is 5.00. The van der Waals surface area contributed by atoms with Crippen molar-refractivity contribution in [3.05, 3.63) is 11.6 Å². The van der Waals surface area contributed by atoms with Crippen LogP contribution in [0.3, 0.4) is 0 Å². The highest BCUT2D eigenvalue weighted by atomic mass is 35.5. The Labute approximate surface area is 93.3 Å². The third-order valence-corrected chi connectivity index (χ3v) is 2.96. The molecule has 0 radical (unpaired) electrons. The maximum atomic E-state index is 11.6. The van der Waals surface area contributed by atoms with Crippen LogP contribution in [0.2, 0.25) is 0 Å². The number of halogens is 1. The van der Waals surface area contributed by atoms with Gasteiger partial charge in [-0.3, -0.25) is 9.59 Å². The molecule has 1 aliphatic carbocycles. The molecule has 2 unspecified atom stereocenters. The van der Waals surface area contributed by atoms with Crippen LogP contribution in [-0.4, -0.2) is 23.5 Å². The van der Waals surface area contributed by atoms with E-state index in [4.69, 9.17) is 16.7 Å². The molecule has 0 aliphatic heterocycles. The second-order valence-corrected chi connectivity index (χ2v) is 4.88. The lowest BCUT2D eigenvalue weighted by Crippen LogP contribution is -2.28. The van der Waals surface area contributed by atoms with E-state index in [0.717, 1.165) is 0 Å². The number of hydrogen-bond donors (Lipinski definition) is 2. The highest BCUT2D eigenvalue weighted by Gasteiger charge is 2.65. The summed E-state index contributed by atoms with van der Waals surface area (Å²) in [5, 5.41) is 11.7. The maximum absolute atomic E-state index is 11.6. The van der Waals surface area contributed by atoms with Gasteiger partial charge in [-0.15, -0.1) is 0 Å². The summed E-state index contributed by atoms with van der Waals surface area (Å²) < 4.78 is 0. The Hall–Kier alpha value is -1.03. The van der Waals surface area contributed by atoms with Crippen LogP contribution in [0.5, 0.6) is 0 Å². The van der Waals surface area contributed by atoms with E-state index in [0.29, 0.717) is 5.03 Å². The quantitative estimate of drug-likeness (QED) is 0.764. The van der Waals surface area contributed by atoms with Gasteiger partial charge in [0, 0.05) is 5.03 Å². The molecular weight excluding hydrogens is 218 g/mol. The molecule has 1 aliphatic rings. The predicted octanol–water partition coefficient (Wildman–Crippen LogP) is 1.21. The van der Waals surface area contributed by atoms with Crippen LogP contribution < -0.4 is 5.32 Å². The van der Waals surface area contributed by atoms with Gasteiger partial charge in [0.25, 0.3) is 0 Å². The van der Waals surface area contributed by atoms with Crippen molar-refractivity contribution < 1.29 is 14.7 Å². The topological polar surface area (TPSA) is 66.4 Å². The van der Waals surface area contributed by atoms with Crippen LogP contribution in [0.15, 0.2) is 11.6 Å². The van der Waals surface area contributed by atoms with Crippen LogP contribution in [0.4, 0.5) is 0 Å². The zero-order chi connectivity index (χ0) is 11.8.